The number of likely N-dealkylation sites (tertiary alicyclic amines) is 1. The van der Waals surface area contributed by atoms with Crippen molar-refractivity contribution in [1.82, 2.24) is 4.90 Å². The van der Waals surface area contributed by atoms with E-state index in [1.54, 1.807) is 12.1 Å². The molecule has 1 saturated heterocycles. The number of benzene rings is 1. The van der Waals surface area contributed by atoms with Crippen LogP contribution in [0.1, 0.15) is 31.2 Å². The highest BCUT2D eigenvalue weighted by Gasteiger charge is 2.23. The molecule has 0 amide bonds. The number of rotatable bonds is 4. The Balaban J connectivity index is 2.21. The van der Waals surface area contributed by atoms with E-state index in [0.29, 0.717) is 17.1 Å². The monoisotopic (exact) mass is 298 g/mol. The van der Waals surface area contributed by atoms with E-state index < -0.39 is 4.92 Å². The van der Waals surface area contributed by atoms with Gasteiger partial charge >= 0.3 is 0 Å². The van der Waals surface area contributed by atoms with Crippen molar-refractivity contribution in [2.24, 2.45) is 0 Å². The predicted octanol–water partition coefficient (Wildman–Crippen LogP) is 2.99. The van der Waals surface area contributed by atoms with Crippen LogP contribution in [-0.4, -0.2) is 34.1 Å². The lowest BCUT2D eigenvalue weighted by Gasteiger charge is -2.28. The van der Waals surface area contributed by atoms with Crippen LogP contribution in [0.15, 0.2) is 18.2 Å². The molecule has 1 aliphatic rings. The molecule has 1 atom stereocenters. The van der Waals surface area contributed by atoms with Gasteiger partial charge in [-0.1, -0.05) is 24.4 Å². The summed E-state index contributed by atoms with van der Waals surface area (Å²) in [6.07, 6.45) is 4.26. The number of aliphatic hydroxyl groups excluding tert-OH is 1. The summed E-state index contributed by atoms with van der Waals surface area (Å²) < 4.78 is 0. The van der Waals surface area contributed by atoms with Gasteiger partial charge in [0.2, 0.25) is 0 Å². The summed E-state index contributed by atoms with van der Waals surface area (Å²) in [5.74, 6) is 0. The number of aliphatic hydroxyl groups is 1. The molecule has 0 saturated carbocycles. The first-order chi connectivity index (χ1) is 9.61. The van der Waals surface area contributed by atoms with E-state index in [9.17, 15) is 15.2 Å². The Morgan fingerprint density at radius 2 is 2.20 bits per heavy atom. The highest BCUT2D eigenvalue weighted by atomic mass is 35.5. The molecule has 0 spiro atoms. The molecular formula is C14H19ClN2O3. The lowest BCUT2D eigenvalue weighted by Crippen LogP contribution is -2.37. The Morgan fingerprint density at radius 3 is 2.90 bits per heavy atom. The minimum atomic E-state index is -0.396. The Morgan fingerprint density at radius 1 is 1.40 bits per heavy atom. The second kappa shape index (κ2) is 7.02. The van der Waals surface area contributed by atoms with Crippen LogP contribution < -0.4 is 0 Å². The van der Waals surface area contributed by atoms with Crippen LogP contribution in [0.4, 0.5) is 5.69 Å². The van der Waals surface area contributed by atoms with Gasteiger partial charge in [-0.25, -0.2) is 0 Å². The molecule has 110 valence electrons. The molecule has 1 fully saturated rings. The third kappa shape index (κ3) is 3.69. The second-order valence-electron chi connectivity index (χ2n) is 5.19. The molecule has 1 unspecified atom stereocenters. The number of halogens is 1. The maximum atomic E-state index is 11.1. The summed E-state index contributed by atoms with van der Waals surface area (Å²) in [6, 6.07) is 4.87. The molecule has 6 heteroatoms. The molecule has 5 nitrogen and oxygen atoms in total. The molecule has 0 radical (unpaired) electrons. The van der Waals surface area contributed by atoms with E-state index in [-0.39, 0.29) is 18.3 Å². The highest BCUT2D eigenvalue weighted by Crippen LogP contribution is 2.26. The van der Waals surface area contributed by atoms with Crippen molar-refractivity contribution in [3.63, 3.8) is 0 Å². The van der Waals surface area contributed by atoms with Crippen LogP contribution in [0.3, 0.4) is 0 Å². The van der Waals surface area contributed by atoms with Gasteiger partial charge in [0.1, 0.15) is 0 Å². The quantitative estimate of drug-likeness (QED) is 0.685. The normalized spacial score (nSPS) is 20.6. The predicted molar refractivity (Wildman–Crippen MR) is 77.9 cm³/mol. The largest absolute Gasteiger partial charge is 0.395 e. The summed E-state index contributed by atoms with van der Waals surface area (Å²) in [4.78, 5) is 12.9. The molecule has 0 aromatic heterocycles. The van der Waals surface area contributed by atoms with Crippen LogP contribution in [-0.2, 0) is 6.54 Å². The van der Waals surface area contributed by atoms with Crippen LogP contribution in [0, 0.1) is 10.1 Å². The number of nitro groups is 1. The van der Waals surface area contributed by atoms with Gasteiger partial charge in [-0.15, -0.1) is 0 Å². The lowest BCUT2D eigenvalue weighted by atomic mass is 10.1. The van der Waals surface area contributed by atoms with Gasteiger partial charge in [0.15, 0.2) is 0 Å². The van der Waals surface area contributed by atoms with Crippen LogP contribution >= 0.6 is 11.6 Å². The van der Waals surface area contributed by atoms with Crippen molar-refractivity contribution in [2.75, 3.05) is 13.2 Å². The van der Waals surface area contributed by atoms with Crippen LogP contribution in [0.25, 0.3) is 0 Å². The number of hydrogen-bond acceptors (Lipinski definition) is 4. The molecule has 1 N–H and O–H groups in total. The zero-order chi connectivity index (χ0) is 14.5. The first-order valence-electron chi connectivity index (χ1n) is 6.89. The van der Waals surface area contributed by atoms with Crippen molar-refractivity contribution in [1.29, 1.82) is 0 Å². The fourth-order valence-electron chi connectivity index (χ4n) is 2.71. The fourth-order valence-corrected chi connectivity index (χ4v) is 2.88. The molecule has 1 aromatic rings. The average molecular weight is 299 g/mol. The first kappa shape index (κ1) is 15.2. The molecule has 0 aliphatic carbocycles. The summed E-state index contributed by atoms with van der Waals surface area (Å²) in [5.41, 5.74) is 0.707. The van der Waals surface area contributed by atoms with Crippen LogP contribution in [0.2, 0.25) is 5.02 Å². The van der Waals surface area contributed by atoms with Crippen molar-refractivity contribution in [3.8, 4) is 0 Å². The Kier molecular flexibility index (Phi) is 5.34. The van der Waals surface area contributed by atoms with Gasteiger partial charge in [0, 0.05) is 29.2 Å². The maximum Gasteiger partial charge on any atom is 0.275 e. The molecule has 1 aliphatic heterocycles. The number of nitro benzene ring substituents is 1. The summed E-state index contributed by atoms with van der Waals surface area (Å²) in [5, 5.41) is 21.0. The van der Waals surface area contributed by atoms with E-state index in [0.717, 1.165) is 32.2 Å². The third-order valence-corrected chi connectivity index (χ3v) is 4.06. The Labute approximate surface area is 123 Å². The molecule has 2 rings (SSSR count). The van der Waals surface area contributed by atoms with Gasteiger partial charge in [-0.3, -0.25) is 15.0 Å². The molecule has 20 heavy (non-hydrogen) atoms. The highest BCUT2D eigenvalue weighted by molar-refractivity contribution is 6.30. The topological polar surface area (TPSA) is 66.6 Å². The summed E-state index contributed by atoms with van der Waals surface area (Å²) in [7, 11) is 0. The molecule has 0 bridgehead atoms. The van der Waals surface area contributed by atoms with Gasteiger partial charge in [-0.2, -0.15) is 0 Å². The molecular weight excluding hydrogens is 280 g/mol. The molecule has 1 aromatic carbocycles. The van der Waals surface area contributed by atoms with Gasteiger partial charge in [-0.05, 0) is 31.5 Å². The van der Waals surface area contributed by atoms with Crippen LogP contribution in [0.5, 0.6) is 0 Å². The molecule has 1 heterocycles. The van der Waals surface area contributed by atoms with E-state index in [2.05, 4.69) is 4.90 Å². The minimum Gasteiger partial charge on any atom is -0.395 e. The van der Waals surface area contributed by atoms with E-state index in [1.165, 1.54) is 6.07 Å². The summed E-state index contributed by atoms with van der Waals surface area (Å²) >= 11 is 5.83. The van der Waals surface area contributed by atoms with Crippen molar-refractivity contribution in [3.05, 3.63) is 38.9 Å². The zero-order valence-corrected chi connectivity index (χ0v) is 12.1. The van der Waals surface area contributed by atoms with Crippen molar-refractivity contribution < 1.29 is 10.0 Å². The zero-order valence-electron chi connectivity index (χ0n) is 11.3. The van der Waals surface area contributed by atoms with Gasteiger partial charge in [0.25, 0.3) is 5.69 Å². The maximum absolute atomic E-state index is 11.1. The van der Waals surface area contributed by atoms with Crippen molar-refractivity contribution >= 4 is 17.3 Å². The van der Waals surface area contributed by atoms with Gasteiger partial charge in [0.05, 0.1) is 11.5 Å². The number of nitrogens with zero attached hydrogens (tertiary/aromatic N) is 2. The Bertz CT molecular complexity index is 481. The lowest BCUT2D eigenvalue weighted by molar-refractivity contribution is -0.385. The number of hydrogen-bond donors (Lipinski definition) is 1. The van der Waals surface area contributed by atoms with Crippen molar-refractivity contribution in [2.45, 2.75) is 38.3 Å². The average Bonchev–Trinajstić information content (AvgIpc) is 2.65. The van der Waals surface area contributed by atoms with Gasteiger partial charge < -0.3 is 5.11 Å². The Hall–Kier alpha value is -1.17. The van der Waals surface area contributed by atoms with E-state index in [4.69, 9.17) is 11.6 Å². The second-order valence-corrected chi connectivity index (χ2v) is 5.62. The smallest absolute Gasteiger partial charge is 0.275 e. The third-order valence-electron chi connectivity index (χ3n) is 3.83. The SMILES string of the molecule is O=[N+]([O-])c1cc(Cl)ccc1CN1CCCCCC1CO. The first-order valence-corrected chi connectivity index (χ1v) is 7.27. The summed E-state index contributed by atoms with van der Waals surface area (Å²) in [6.45, 7) is 1.45. The minimum absolute atomic E-state index is 0.0541. The van der Waals surface area contributed by atoms with E-state index in [1.807, 2.05) is 0 Å². The van der Waals surface area contributed by atoms with E-state index >= 15 is 0 Å². The fraction of sp³-hybridized carbons (Fsp3) is 0.571. The standard InChI is InChI=1S/C14H19ClN2O3/c15-12-6-5-11(14(8-12)17(19)20)9-16-7-3-1-2-4-13(16)10-18/h5-6,8,13,18H,1-4,7,9-10H2.